The quantitative estimate of drug-likeness (QED) is 0.782. The van der Waals surface area contributed by atoms with Gasteiger partial charge in [0.25, 0.3) is 0 Å². The van der Waals surface area contributed by atoms with Crippen LogP contribution in [0.5, 0.6) is 0 Å². The van der Waals surface area contributed by atoms with Crippen LogP contribution in [0.15, 0.2) is 12.1 Å². The number of rotatable bonds is 1. The van der Waals surface area contributed by atoms with Gasteiger partial charge in [0.05, 0.1) is 6.61 Å². The van der Waals surface area contributed by atoms with Gasteiger partial charge in [0.1, 0.15) is 11.4 Å². The van der Waals surface area contributed by atoms with Gasteiger partial charge in [0.2, 0.25) is 0 Å². The van der Waals surface area contributed by atoms with Crippen molar-refractivity contribution < 1.29 is 14.3 Å². The van der Waals surface area contributed by atoms with Gasteiger partial charge in [-0.25, -0.2) is 9.78 Å². The average Bonchev–Trinajstić information content (AvgIpc) is 2.93. The first-order valence-electron chi connectivity index (χ1n) is 9.22. The first kappa shape index (κ1) is 18.0. The van der Waals surface area contributed by atoms with Crippen LogP contribution >= 0.6 is 0 Å². The second kappa shape index (κ2) is 7.60. The highest BCUT2D eigenvalue weighted by Crippen LogP contribution is 2.21. The Balaban J connectivity index is 1.68. The highest BCUT2D eigenvalue weighted by molar-refractivity contribution is 5.68. The standard InChI is InChI=1S/C19H29N3O3/c1-19(2,3)25-18(23)22-10-7-15-5-6-17(20-16(15)8-11-22)21-9-4-13-24-14-12-21/h5-6H,4,7-14H2,1-3H3. The van der Waals surface area contributed by atoms with E-state index < -0.39 is 5.60 Å². The zero-order valence-corrected chi connectivity index (χ0v) is 15.6. The van der Waals surface area contributed by atoms with E-state index in [9.17, 15) is 4.79 Å². The predicted molar refractivity (Wildman–Crippen MR) is 97.1 cm³/mol. The molecule has 1 aromatic heterocycles. The highest BCUT2D eigenvalue weighted by atomic mass is 16.6. The smallest absolute Gasteiger partial charge is 0.410 e. The van der Waals surface area contributed by atoms with Crippen LogP contribution in [0.4, 0.5) is 10.6 Å². The minimum atomic E-state index is -0.462. The van der Waals surface area contributed by atoms with E-state index in [4.69, 9.17) is 14.5 Å². The molecule has 2 aliphatic rings. The molecule has 6 heteroatoms. The first-order chi connectivity index (χ1) is 11.9. The van der Waals surface area contributed by atoms with Gasteiger partial charge >= 0.3 is 6.09 Å². The van der Waals surface area contributed by atoms with Gasteiger partial charge in [0, 0.05) is 44.9 Å². The lowest BCUT2D eigenvalue weighted by atomic mass is 10.1. The van der Waals surface area contributed by atoms with Crippen molar-refractivity contribution in [3.05, 3.63) is 23.4 Å². The molecule has 1 saturated heterocycles. The fraction of sp³-hybridized carbons (Fsp3) is 0.684. The van der Waals surface area contributed by atoms with Crippen molar-refractivity contribution in [2.24, 2.45) is 0 Å². The molecule has 0 aliphatic carbocycles. The summed E-state index contributed by atoms with van der Waals surface area (Å²) >= 11 is 0. The zero-order valence-electron chi connectivity index (χ0n) is 15.6. The number of amides is 1. The van der Waals surface area contributed by atoms with Crippen LogP contribution in [-0.2, 0) is 22.3 Å². The number of nitrogens with zero attached hydrogens (tertiary/aromatic N) is 3. The summed E-state index contributed by atoms with van der Waals surface area (Å²) in [5, 5.41) is 0. The van der Waals surface area contributed by atoms with Crippen LogP contribution < -0.4 is 4.90 Å². The number of ether oxygens (including phenoxy) is 2. The number of carbonyl (C=O) groups excluding carboxylic acids is 1. The van der Waals surface area contributed by atoms with Crippen molar-refractivity contribution in [1.82, 2.24) is 9.88 Å². The average molecular weight is 347 g/mol. The van der Waals surface area contributed by atoms with E-state index in [0.29, 0.717) is 13.1 Å². The number of anilines is 1. The molecule has 138 valence electrons. The van der Waals surface area contributed by atoms with Crippen molar-refractivity contribution in [2.45, 2.75) is 45.6 Å². The molecule has 0 spiro atoms. The highest BCUT2D eigenvalue weighted by Gasteiger charge is 2.25. The molecular weight excluding hydrogens is 318 g/mol. The summed E-state index contributed by atoms with van der Waals surface area (Å²) in [5.74, 6) is 1.02. The third-order valence-corrected chi connectivity index (χ3v) is 4.52. The van der Waals surface area contributed by atoms with E-state index in [1.807, 2.05) is 20.8 Å². The van der Waals surface area contributed by atoms with Crippen molar-refractivity contribution >= 4 is 11.9 Å². The van der Waals surface area contributed by atoms with Crippen LogP contribution in [0.2, 0.25) is 0 Å². The van der Waals surface area contributed by atoms with Gasteiger partial charge in [0.15, 0.2) is 0 Å². The second-order valence-electron chi connectivity index (χ2n) is 7.70. The molecule has 3 heterocycles. The number of aromatic nitrogens is 1. The SMILES string of the molecule is CC(C)(C)OC(=O)N1CCc2ccc(N3CCCOCC3)nc2CC1. The lowest BCUT2D eigenvalue weighted by Crippen LogP contribution is -2.38. The Morgan fingerprint density at radius 3 is 2.72 bits per heavy atom. The molecule has 0 N–H and O–H groups in total. The van der Waals surface area contributed by atoms with Crippen molar-refractivity contribution in [3.8, 4) is 0 Å². The normalized spacial score (nSPS) is 19.0. The molecule has 0 saturated carbocycles. The van der Waals surface area contributed by atoms with E-state index in [2.05, 4.69) is 17.0 Å². The topological polar surface area (TPSA) is 54.9 Å². The summed E-state index contributed by atoms with van der Waals surface area (Å²) in [6.07, 6.45) is 2.40. The maximum Gasteiger partial charge on any atom is 0.410 e. The van der Waals surface area contributed by atoms with E-state index in [-0.39, 0.29) is 6.09 Å². The Labute approximate surface area is 150 Å². The van der Waals surface area contributed by atoms with Crippen LogP contribution in [-0.4, -0.2) is 61.0 Å². The molecule has 1 aromatic rings. The van der Waals surface area contributed by atoms with Crippen molar-refractivity contribution in [1.29, 1.82) is 0 Å². The number of pyridine rings is 1. The maximum atomic E-state index is 12.3. The van der Waals surface area contributed by atoms with E-state index in [1.54, 1.807) is 4.90 Å². The van der Waals surface area contributed by atoms with E-state index in [0.717, 1.165) is 57.1 Å². The largest absolute Gasteiger partial charge is 0.444 e. The molecule has 0 unspecified atom stereocenters. The van der Waals surface area contributed by atoms with Gasteiger partial charge in [-0.3, -0.25) is 0 Å². The van der Waals surface area contributed by atoms with Crippen LogP contribution in [0.25, 0.3) is 0 Å². The number of hydrogen-bond donors (Lipinski definition) is 0. The molecule has 6 nitrogen and oxygen atoms in total. The molecule has 3 rings (SSSR count). The molecule has 1 fully saturated rings. The van der Waals surface area contributed by atoms with Gasteiger partial charge in [-0.05, 0) is 45.2 Å². The third-order valence-electron chi connectivity index (χ3n) is 4.52. The molecule has 25 heavy (non-hydrogen) atoms. The summed E-state index contributed by atoms with van der Waals surface area (Å²) in [7, 11) is 0. The van der Waals surface area contributed by atoms with E-state index >= 15 is 0 Å². The number of carbonyl (C=O) groups is 1. The fourth-order valence-electron chi connectivity index (χ4n) is 3.23. The summed E-state index contributed by atoms with van der Waals surface area (Å²) in [6.45, 7) is 10.5. The zero-order chi connectivity index (χ0) is 17.9. The Morgan fingerprint density at radius 2 is 1.92 bits per heavy atom. The summed E-state index contributed by atoms with van der Waals surface area (Å²) in [4.78, 5) is 21.3. The van der Waals surface area contributed by atoms with Crippen LogP contribution in [0.3, 0.4) is 0 Å². The monoisotopic (exact) mass is 347 g/mol. The Kier molecular flexibility index (Phi) is 5.47. The van der Waals surface area contributed by atoms with Crippen molar-refractivity contribution in [3.63, 3.8) is 0 Å². The Bertz CT molecular complexity index is 604. The van der Waals surface area contributed by atoms with E-state index in [1.165, 1.54) is 5.56 Å². The molecule has 0 radical (unpaired) electrons. The first-order valence-corrected chi connectivity index (χ1v) is 9.22. The van der Waals surface area contributed by atoms with Gasteiger partial charge in [-0.1, -0.05) is 6.07 Å². The van der Waals surface area contributed by atoms with Crippen LogP contribution in [0.1, 0.15) is 38.4 Å². The molecule has 2 aliphatic heterocycles. The molecule has 1 amide bonds. The molecule has 0 atom stereocenters. The number of hydrogen-bond acceptors (Lipinski definition) is 5. The maximum absolute atomic E-state index is 12.3. The minimum Gasteiger partial charge on any atom is -0.444 e. The third kappa shape index (κ3) is 4.84. The second-order valence-corrected chi connectivity index (χ2v) is 7.70. The molecule has 0 bridgehead atoms. The summed E-state index contributed by atoms with van der Waals surface area (Å²) in [6, 6.07) is 4.27. The van der Waals surface area contributed by atoms with Gasteiger partial charge in [-0.15, -0.1) is 0 Å². The summed E-state index contributed by atoms with van der Waals surface area (Å²) in [5.41, 5.74) is 1.88. The van der Waals surface area contributed by atoms with Crippen molar-refractivity contribution in [2.75, 3.05) is 44.3 Å². The fourth-order valence-corrected chi connectivity index (χ4v) is 3.23. The lowest BCUT2D eigenvalue weighted by Gasteiger charge is -2.26. The lowest BCUT2D eigenvalue weighted by molar-refractivity contribution is 0.0258. The number of fused-ring (bicyclic) bond motifs is 1. The van der Waals surface area contributed by atoms with Crippen LogP contribution in [0, 0.1) is 0 Å². The molecule has 0 aromatic carbocycles. The minimum absolute atomic E-state index is 0.231. The Morgan fingerprint density at radius 1 is 1.12 bits per heavy atom. The summed E-state index contributed by atoms with van der Waals surface area (Å²) < 4.78 is 11.0. The Hall–Kier alpha value is -1.82. The van der Waals surface area contributed by atoms with Gasteiger partial charge in [-0.2, -0.15) is 0 Å². The molecular formula is C19H29N3O3. The van der Waals surface area contributed by atoms with Gasteiger partial charge < -0.3 is 19.3 Å². The predicted octanol–water partition coefficient (Wildman–Crippen LogP) is 2.64.